The van der Waals surface area contributed by atoms with Crippen molar-refractivity contribution in [2.24, 2.45) is 0 Å². The van der Waals surface area contributed by atoms with Crippen molar-refractivity contribution in [1.29, 1.82) is 0 Å². The van der Waals surface area contributed by atoms with Crippen molar-refractivity contribution >= 4 is 6.03 Å². The lowest BCUT2D eigenvalue weighted by molar-refractivity contribution is 0.208. The number of urea groups is 1. The maximum Gasteiger partial charge on any atom is 0.314 e. The van der Waals surface area contributed by atoms with E-state index in [9.17, 15) is 4.79 Å². The van der Waals surface area contributed by atoms with Crippen LogP contribution in [0.25, 0.3) is 0 Å². The van der Waals surface area contributed by atoms with Crippen LogP contribution in [0.1, 0.15) is 17.4 Å². The van der Waals surface area contributed by atoms with Crippen LogP contribution in [0.2, 0.25) is 0 Å². The Hall–Kier alpha value is -2.47. The number of rotatable bonds is 6. The third kappa shape index (κ3) is 3.89. The topological polar surface area (TPSA) is 66.7 Å². The standard InChI is InChI=1S/C18H23N3O3/c1-21(2)15(17-8-5-9-23-17)12-20-18(22)19-11-14-10-13-6-3-4-7-16(13)24-14/h3-9,14-15H,10-12H2,1-2H3,(H2,19,20,22)/t14-,15+/m0/s1. The number of ether oxygens (including phenoxy) is 1. The number of furan rings is 1. The third-order valence-corrected chi connectivity index (χ3v) is 4.16. The van der Waals surface area contributed by atoms with Crippen molar-refractivity contribution in [3.8, 4) is 5.75 Å². The summed E-state index contributed by atoms with van der Waals surface area (Å²) in [6.45, 7) is 0.950. The number of carbonyl (C=O) groups is 1. The SMILES string of the molecule is CN(C)[C@H](CNC(=O)NC[C@@H]1Cc2ccccc2O1)c1ccco1. The van der Waals surface area contributed by atoms with E-state index in [1.165, 1.54) is 5.56 Å². The van der Waals surface area contributed by atoms with E-state index in [4.69, 9.17) is 9.15 Å². The molecule has 1 aromatic carbocycles. The zero-order valence-electron chi connectivity index (χ0n) is 14.0. The van der Waals surface area contributed by atoms with Crippen LogP contribution in [0.4, 0.5) is 4.79 Å². The first kappa shape index (κ1) is 16.4. The Morgan fingerprint density at radius 2 is 2.08 bits per heavy atom. The van der Waals surface area contributed by atoms with Gasteiger partial charge in [0.05, 0.1) is 18.8 Å². The number of para-hydroxylation sites is 1. The van der Waals surface area contributed by atoms with Crippen molar-refractivity contribution in [2.45, 2.75) is 18.6 Å². The van der Waals surface area contributed by atoms with Crippen LogP contribution in [-0.2, 0) is 6.42 Å². The molecule has 2 atom stereocenters. The van der Waals surface area contributed by atoms with Crippen LogP contribution in [0.15, 0.2) is 47.1 Å². The van der Waals surface area contributed by atoms with Crippen LogP contribution in [0.5, 0.6) is 5.75 Å². The Kier molecular flexibility index (Phi) is 5.05. The molecule has 0 aliphatic carbocycles. The molecule has 128 valence electrons. The molecule has 0 spiro atoms. The first-order valence-corrected chi connectivity index (χ1v) is 8.09. The summed E-state index contributed by atoms with van der Waals surface area (Å²) >= 11 is 0. The molecule has 1 aliphatic heterocycles. The highest BCUT2D eigenvalue weighted by Gasteiger charge is 2.23. The maximum atomic E-state index is 12.0. The normalized spacial score (nSPS) is 17.2. The second kappa shape index (κ2) is 7.40. The summed E-state index contributed by atoms with van der Waals surface area (Å²) in [5.41, 5.74) is 1.19. The summed E-state index contributed by atoms with van der Waals surface area (Å²) in [5, 5.41) is 5.77. The lowest BCUT2D eigenvalue weighted by Gasteiger charge is -2.22. The summed E-state index contributed by atoms with van der Waals surface area (Å²) < 4.78 is 11.2. The minimum atomic E-state index is -0.201. The fourth-order valence-electron chi connectivity index (χ4n) is 2.84. The molecule has 0 saturated carbocycles. The van der Waals surface area contributed by atoms with E-state index in [-0.39, 0.29) is 18.2 Å². The average Bonchev–Trinajstić information content (AvgIpc) is 3.22. The van der Waals surface area contributed by atoms with Gasteiger partial charge in [0.15, 0.2) is 0 Å². The number of hydrogen-bond donors (Lipinski definition) is 2. The van der Waals surface area contributed by atoms with Crippen LogP contribution >= 0.6 is 0 Å². The molecule has 6 heteroatoms. The van der Waals surface area contributed by atoms with Gasteiger partial charge in [-0.3, -0.25) is 4.90 Å². The number of amides is 2. The first-order valence-electron chi connectivity index (χ1n) is 8.09. The molecule has 24 heavy (non-hydrogen) atoms. The molecule has 0 saturated heterocycles. The Balaban J connectivity index is 1.43. The number of likely N-dealkylation sites (N-methyl/N-ethyl adjacent to an activating group) is 1. The Morgan fingerprint density at radius 1 is 1.25 bits per heavy atom. The van der Waals surface area contributed by atoms with Crippen molar-refractivity contribution in [3.05, 3.63) is 54.0 Å². The molecular weight excluding hydrogens is 306 g/mol. The van der Waals surface area contributed by atoms with Crippen molar-refractivity contribution in [1.82, 2.24) is 15.5 Å². The first-order chi connectivity index (χ1) is 11.6. The maximum absolute atomic E-state index is 12.0. The minimum Gasteiger partial charge on any atom is -0.488 e. The van der Waals surface area contributed by atoms with Gasteiger partial charge in [-0.15, -0.1) is 0 Å². The van der Waals surface area contributed by atoms with Gasteiger partial charge in [-0.1, -0.05) is 18.2 Å². The molecule has 2 aromatic rings. The van der Waals surface area contributed by atoms with E-state index >= 15 is 0 Å². The highest BCUT2D eigenvalue weighted by molar-refractivity contribution is 5.73. The van der Waals surface area contributed by atoms with Crippen LogP contribution in [-0.4, -0.2) is 44.2 Å². The smallest absolute Gasteiger partial charge is 0.314 e. The molecular formula is C18H23N3O3. The minimum absolute atomic E-state index is 0.00210. The van der Waals surface area contributed by atoms with E-state index in [1.54, 1.807) is 6.26 Å². The predicted octanol–water partition coefficient (Wildman–Crippen LogP) is 2.19. The number of fused-ring (bicyclic) bond motifs is 1. The van der Waals surface area contributed by atoms with E-state index in [0.29, 0.717) is 13.1 Å². The van der Waals surface area contributed by atoms with Crippen LogP contribution in [0.3, 0.4) is 0 Å². The van der Waals surface area contributed by atoms with Gasteiger partial charge in [0.2, 0.25) is 0 Å². The summed E-state index contributed by atoms with van der Waals surface area (Å²) in [7, 11) is 3.91. The average molecular weight is 329 g/mol. The van der Waals surface area contributed by atoms with Crippen LogP contribution < -0.4 is 15.4 Å². The Bertz CT molecular complexity index is 645. The molecule has 1 aliphatic rings. The zero-order valence-corrected chi connectivity index (χ0v) is 14.0. The Labute approximate surface area is 141 Å². The number of nitrogens with zero attached hydrogens (tertiary/aromatic N) is 1. The lowest BCUT2D eigenvalue weighted by atomic mass is 10.1. The van der Waals surface area contributed by atoms with Gasteiger partial charge in [-0.2, -0.15) is 0 Å². The number of benzene rings is 1. The van der Waals surface area contributed by atoms with Crippen molar-refractivity contribution < 1.29 is 13.9 Å². The Morgan fingerprint density at radius 3 is 2.79 bits per heavy atom. The molecule has 2 amide bonds. The fourth-order valence-corrected chi connectivity index (χ4v) is 2.84. The molecule has 3 rings (SSSR count). The van der Waals surface area contributed by atoms with E-state index in [2.05, 4.69) is 16.7 Å². The molecule has 0 radical (unpaired) electrons. The molecule has 0 fully saturated rings. The van der Waals surface area contributed by atoms with E-state index < -0.39 is 0 Å². The van der Waals surface area contributed by atoms with Gasteiger partial charge in [-0.25, -0.2) is 4.79 Å². The van der Waals surface area contributed by atoms with Gasteiger partial charge < -0.3 is 19.8 Å². The van der Waals surface area contributed by atoms with Gasteiger partial charge in [-0.05, 0) is 37.9 Å². The number of hydrogen-bond acceptors (Lipinski definition) is 4. The van der Waals surface area contributed by atoms with Crippen molar-refractivity contribution in [3.63, 3.8) is 0 Å². The summed E-state index contributed by atoms with van der Waals surface area (Å²) in [6.07, 6.45) is 2.45. The molecule has 2 heterocycles. The van der Waals surface area contributed by atoms with Gasteiger partial charge in [0, 0.05) is 13.0 Å². The van der Waals surface area contributed by atoms with Gasteiger partial charge in [0.25, 0.3) is 0 Å². The molecule has 6 nitrogen and oxygen atoms in total. The van der Waals surface area contributed by atoms with Crippen LogP contribution in [0, 0.1) is 0 Å². The van der Waals surface area contributed by atoms with Gasteiger partial charge >= 0.3 is 6.03 Å². The van der Waals surface area contributed by atoms with Gasteiger partial charge in [0.1, 0.15) is 17.6 Å². The number of nitrogens with one attached hydrogen (secondary N) is 2. The molecule has 0 bridgehead atoms. The molecule has 2 N–H and O–H groups in total. The molecule has 0 unspecified atom stereocenters. The van der Waals surface area contributed by atoms with E-state index in [1.807, 2.05) is 49.3 Å². The fraction of sp³-hybridized carbons (Fsp3) is 0.389. The zero-order chi connectivity index (χ0) is 16.9. The number of carbonyl (C=O) groups excluding carboxylic acids is 1. The van der Waals surface area contributed by atoms with Crippen molar-refractivity contribution in [2.75, 3.05) is 27.2 Å². The molecule has 1 aromatic heterocycles. The monoisotopic (exact) mass is 329 g/mol. The summed E-state index contributed by atoms with van der Waals surface area (Å²) in [4.78, 5) is 14.1. The lowest BCUT2D eigenvalue weighted by Crippen LogP contribution is -2.43. The highest BCUT2D eigenvalue weighted by Crippen LogP contribution is 2.27. The third-order valence-electron chi connectivity index (χ3n) is 4.16. The quantitative estimate of drug-likeness (QED) is 0.852. The largest absolute Gasteiger partial charge is 0.488 e. The predicted molar refractivity (Wildman–Crippen MR) is 91.1 cm³/mol. The second-order valence-corrected chi connectivity index (χ2v) is 6.14. The van der Waals surface area contributed by atoms with E-state index in [0.717, 1.165) is 17.9 Å². The second-order valence-electron chi connectivity index (χ2n) is 6.14. The summed E-state index contributed by atoms with van der Waals surface area (Å²) in [5.74, 6) is 1.74. The highest BCUT2D eigenvalue weighted by atomic mass is 16.5. The summed E-state index contributed by atoms with van der Waals surface area (Å²) in [6, 6.07) is 11.5.